The maximum Gasteiger partial charge on any atom is 0.230 e. The predicted octanol–water partition coefficient (Wildman–Crippen LogP) is 2.47. The minimum absolute atomic E-state index is 0.0254. The Balaban J connectivity index is 1.91. The number of rotatable bonds is 6. The molecule has 0 unspecified atom stereocenters. The number of imidazole rings is 1. The Morgan fingerprint density at radius 1 is 1.42 bits per heavy atom. The van der Waals surface area contributed by atoms with Crippen molar-refractivity contribution in [1.29, 1.82) is 0 Å². The normalized spacial score (nSPS) is 10.1. The van der Waals surface area contributed by atoms with Gasteiger partial charge in [0.25, 0.3) is 0 Å². The molecule has 0 saturated heterocycles. The van der Waals surface area contributed by atoms with Crippen LogP contribution in [-0.2, 0) is 4.79 Å². The first kappa shape index (κ1) is 13.4. The van der Waals surface area contributed by atoms with Crippen LogP contribution in [0.2, 0.25) is 0 Å². The molecule has 0 saturated carbocycles. The third-order valence-corrected chi connectivity index (χ3v) is 3.31. The molecule has 2 aromatic rings. The fourth-order valence-corrected chi connectivity index (χ4v) is 2.19. The quantitative estimate of drug-likeness (QED) is 0.628. The molecule has 0 spiro atoms. The minimum atomic E-state index is -0.0254. The highest BCUT2D eigenvalue weighted by molar-refractivity contribution is 7.99. The summed E-state index contributed by atoms with van der Waals surface area (Å²) >= 11 is 1.38. The molecule has 98 valence electrons. The van der Waals surface area contributed by atoms with E-state index < -0.39 is 0 Å². The first-order valence-electron chi connectivity index (χ1n) is 5.90. The zero-order valence-corrected chi connectivity index (χ0v) is 11.2. The van der Waals surface area contributed by atoms with E-state index in [0.717, 1.165) is 16.4 Å². The topological polar surface area (TPSA) is 57.8 Å². The third kappa shape index (κ3) is 3.99. The Bertz CT molecular complexity index is 551. The monoisotopic (exact) mass is 273 g/mol. The second-order valence-electron chi connectivity index (χ2n) is 3.85. The Labute approximate surface area is 116 Å². The number of benzene rings is 1. The molecule has 1 aromatic heterocycles. The van der Waals surface area contributed by atoms with Crippen LogP contribution in [-0.4, -0.2) is 28.2 Å². The third-order valence-electron chi connectivity index (χ3n) is 2.42. The number of hydrogen-bond acceptors (Lipinski definition) is 3. The van der Waals surface area contributed by atoms with E-state index in [1.54, 1.807) is 12.3 Å². The Morgan fingerprint density at radius 2 is 2.21 bits per heavy atom. The highest BCUT2D eigenvalue weighted by Gasteiger charge is 2.06. The van der Waals surface area contributed by atoms with Crippen LogP contribution in [0.3, 0.4) is 0 Å². The van der Waals surface area contributed by atoms with E-state index in [9.17, 15) is 4.79 Å². The van der Waals surface area contributed by atoms with E-state index in [2.05, 4.69) is 21.9 Å². The zero-order chi connectivity index (χ0) is 13.5. The largest absolute Gasteiger partial charge is 0.352 e. The highest BCUT2D eigenvalue weighted by atomic mass is 32.2. The van der Waals surface area contributed by atoms with Gasteiger partial charge in [-0.15, -0.1) is 6.58 Å². The van der Waals surface area contributed by atoms with Crippen LogP contribution in [0, 0.1) is 0 Å². The summed E-state index contributed by atoms with van der Waals surface area (Å²) in [5.74, 6) is 0.317. The van der Waals surface area contributed by atoms with Crippen molar-refractivity contribution in [2.45, 2.75) is 5.16 Å². The summed E-state index contributed by atoms with van der Waals surface area (Å²) < 4.78 is 0. The van der Waals surface area contributed by atoms with Crippen molar-refractivity contribution < 1.29 is 4.79 Å². The van der Waals surface area contributed by atoms with Crippen molar-refractivity contribution in [3.8, 4) is 11.3 Å². The van der Waals surface area contributed by atoms with Gasteiger partial charge >= 0.3 is 0 Å². The molecule has 5 heteroatoms. The first-order chi connectivity index (χ1) is 9.29. The van der Waals surface area contributed by atoms with Crippen LogP contribution in [0.15, 0.2) is 54.3 Å². The van der Waals surface area contributed by atoms with Gasteiger partial charge in [-0.3, -0.25) is 4.79 Å². The molecule has 2 N–H and O–H groups in total. The van der Waals surface area contributed by atoms with Crippen LogP contribution in [0.1, 0.15) is 0 Å². The molecular formula is C14H15N3OS. The van der Waals surface area contributed by atoms with Crippen LogP contribution in [0.5, 0.6) is 0 Å². The van der Waals surface area contributed by atoms with E-state index in [0.29, 0.717) is 12.3 Å². The van der Waals surface area contributed by atoms with E-state index in [4.69, 9.17) is 0 Å². The maximum atomic E-state index is 11.4. The summed E-state index contributed by atoms with van der Waals surface area (Å²) in [6.45, 7) is 4.04. The van der Waals surface area contributed by atoms with Gasteiger partial charge in [-0.25, -0.2) is 4.98 Å². The summed E-state index contributed by atoms with van der Waals surface area (Å²) in [7, 11) is 0. The van der Waals surface area contributed by atoms with Crippen LogP contribution < -0.4 is 5.32 Å². The lowest BCUT2D eigenvalue weighted by atomic mass is 10.2. The summed E-state index contributed by atoms with van der Waals surface area (Å²) in [5, 5.41) is 3.46. The van der Waals surface area contributed by atoms with Crippen molar-refractivity contribution in [2.75, 3.05) is 12.3 Å². The van der Waals surface area contributed by atoms with Gasteiger partial charge < -0.3 is 10.3 Å². The number of amides is 1. The van der Waals surface area contributed by atoms with Crippen molar-refractivity contribution in [1.82, 2.24) is 15.3 Å². The molecule has 4 nitrogen and oxygen atoms in total. The van der Waals surface area contributed by atoms with Gasteiger partial charge in [-0.2, -0.15) is 0 Å². The molecule has 0 radical (unpaired) electrons. The predicted molar refractivity (Wildman–Crippen MR) is 78.0 cm³/mol. The summed E-state index contributed by atoms with van der Waals surface area (Å²) in [6, 6.07) is 9.95. The number of carbonyl (C=O) groups is 1. The number of nitrogens with zero attached hydrogens (tertiary/aromatic N) is 1. The maximum absolute atomic E-state index is 11.4. The molecule has 1 heterocycles. The van der Waals surface area contributed by atoms with Crippen molar-refractivity contribution >= 4 is 17.7 Å². The zero-order valence-electron chi connectivity index (χ0n) is 10.4. The first-order valence-corrected chi connectivity index (χ1v) is 6.89. The van der Waals surface area contributed by atoms with Gasteiger partial charge in [0, 0.05) is 6.54 Å². The Kier molecular flexibility index (Phi) is 4.80. The van der Waals surface area contributed by atoms with Crippen molar-refractivity contribution in [2.24, 2.45) is 0 Å². The molecular weight excluding hydrogens is 258 g/mol. The van der Waals surface area contributed by atoms with Crippen LogP contribution in [0.25, 0.3) is 11.3 Å². The molecule has 1 amide bonds. The van der Waals surface area contributed by atoms with Gasteiger partial charge in [0.1, 0.15) is 0 Å². The van der Waals surface area contributed by atoms with Crippen molar-refractivity contribution in [3.63, 3.8) is 0 Å². The standard InChI is InChI=1S/C14H15N3OS/c1-2-8-15-13(18)10-19-14-16-9-12(17-14)11-6-4-3-5-7-11/h2-7,9H,1,8,10H2,(H,15,18)(H,16,17). The number of carbonyl (C=O) groups excluding carboxylic acids is 1. The smallest absolute Gasteiger partial charge is 0.230 e. The number of thioether (sulfide) groups is 1. The fourth-order valence-electron chi connectivity index (χ4n) is 1.51. The number of aromatic amines is 1. The lowest BCUT2D eigenvalue weighted by Crippen LogP contribution is -2.24. The molecule has 0 aliphatic rings. The number of aromatic nitrogens is 2. The number of H-pyrrole nitrogens is 1. The molecule has 0 bridgehead atoms. The van der Waals surface area contributed by atoms with Crippen LogP contribution >= 0.6 is 11.8 Å². The Hall–Kier alpha value is -2.01. The molecule has 19 heavy (non-hydrogen) atoms. The van der Waals surface area contributed by atoms with Gasteiger partial charge in [0.05, 0.1) is 17.6 Å². The Morgan fingerprint density at radius 3 is 2.95 bits per heavy atom. The lowest BCUT2D eigenvalue weighted by molar-refractivity contribution is -0.118. The average Bonchev–Trinajstić information content (AvgIpc) is 2.93. The second kappa shape index (κ2) is 6.80. The SMILES string of the molecule is C=CCNC(=O)CSc1ncc(-c2ccccc2)[nH]1. The van der Waals surface area contributed by atoms with E-state index in [1.807, 2.05) is 30.3 Å². The average molecular weight is 273 g/mol. The van der Waals surface area contributed by atoms with E-state index >= 15 is 0 Å². The molecule has 1 aromatic carbocycles. The molecule has 0 aliphatic heterocycles. The second-order valence-corrected chi connectivity index (χ2v) is 4.81. The summed E-state index contributed by atoms with van der Waals surface area (Å²) in [5.41, 5.74) is 2.03. The number of nitrogens with one attached hydrogen (secondary N) is 2. The van der Waals surface area contributed by atoms with Crippen molar-refractivity contribution in [3.05, 3.63) is 49.2 Å². The van der Waals surface area contributed by atoms with Gasteiger partial charge in [-0.1, -0.05) is 48.2 Å². The molecule has 0 aliphatic carbocycles. The summed E-state index contributed by atoms with van der Waals surface area (Å²) in [4.78, 5) is 18.9. The summed E-state index contributed by atoms with van der Waals surface area (Å²) in [6.07, 6.45) is 3.43. The van der Waals surface area contributed by atoms with Crippen LogP contribution in [0.4, 0.5) is 0 Å². The molecule has 0 fully saturated rings. The minimum Gasteiger partial charge on any atom is -0.352 e. The number of hydrogen-bond donors (Lipinski definition) is 2. The van der Waals surface area contributed by atoms with Gasteiger partial charge in [0.15, 0.2) is 5.16 Å². The highest BCUT2D eigenvalue weighted by Crippen LogP contribution is 2.20. The van der Waals surface area contributed by atoms with Gasteiger partial charge in [0.2, 0.25) is 5.91 Å². The van der Waals surface area contributed by atoms with Gasteiger partial charge in [-0.05, 0) is 5.56 Å². The molecule has 0 atom stereocenters. The fraction of sp³-hybridized carbons (Fsp3) is 0.143. The lowest BCUT2D eigenvalue weighted by Gasteiger charge is -2.00. The molecule has 2 rings (SSSR count). The van der Waals surface area contributed by atoms with E-state index in [-0.39, 0.29) is 5.91 Å². The van der Waals surface area contributed by atoms with E-state index in [1.165, 1.54) is 11.8 Å².